The zero-order valence-corrected chi connectivity index (χ0v) is 19.0. The number of aromatic nitrogens is 4. The molecule has 0 bridgehead atoms. The van der Waals surface area contributed by atoms with Crippen LogP contribution in [0.4, 0.5) is 5.82 Å². The molecule has 1 aliphatic heterocycles. The van der Waals surface area contributed by atoms with Crippen LogP contribution >= 0.6 is 0 Å². The zero-order chi connectivity index (χ0) is 23.7. The minimum atomic E-state index is -0.221. The summed E-state index contributed by atoms with van der Waals surface area (Å²) in [5.74, 6) is 6.65. The molecule has 1 atom stereocenters. The van der Waals surface area contributed by atoms with E-state index in [4.69, 9.17) is 5.73 Å². The van der Waals surface area contributed by atoms with Crippen molar-refractivity contribution in [3.8, 4) is 17.9 Å². The fourth-order valence-electron chi connectivity index (χ4n) is 4.78. The normalized spacial score (nSPS) is 15.8. The lowest BCUT2D eigenvalue weighted by Crippen LogP contribution is -2.44. The van der Waals surface area contributed by atoms with Gasteiger partial charge >= 0.3 is 0 Å². The van der Waals surface area contributed by atoms with Crippen LogP contribution in [0.15, 0.2) is 47.7 Å². The van der Waals surface area contributed by atoms with Gasteiger partial charge in [-0.1, -0.05) is 30.2 Å². The number of hydrogen-bond acceptors (Lipinski definition) is 6. The Morgan fingerprint density at radius 2 is 2.09 bits per heavy atom. The highest BCUT2D eigenvalue weighted by atomic mass is 16.1. The Labute approximate surface area is 197 Å². The third-order valence-electron chi connectivity index (χ3n) is 6.36. The molecule has 0 aliphatic carbocycles. The van der Waals surface area contributed by atoms with Gasteiger partial charge in [-0.05, 0) is 31.2 Å². The van der Waals surface area contributed by atoms with Gasteiger partial charge in [0, 0.05) is 30.7 Å². The minimum absolute atomic E-state index is 0.0195. The van der Waals surface area contributed by atoms with Gasteiger partial charge in [0.05, 0.1) is 25.1 Å². The lowest BCUT2D eigenvalue weighted by molar-refractivity contribution is 0.499. The molecular weight excluding hydrogens is 426 g/mol. The number of piperidine rings is 1. The Balaban J connectivity index is 1.69. The van der Waals surface area contributed by atoms with Gasteiger partial charge in [-0.2, -0.15) is 5.26 Å². The van der Waals surface area contributed by atoms with Crippen molar-refractivity contribution in [3.05, 3.63) is 64.5 Å². The summed E-state index contributed by atoms with van der Waals surface area (Å²) in [6, 6.07) is 12.2. The summed E-state index contributed by atoms with van der Waals surface area (Å²) in [4.78, 5) is 25.0. The van der Waals surface area contributed by atoms with E-state index in [1.54, 1.807) is 17.7 Å². The molecule has 170 valence electrons. The number of fused-ring (bicyclic) bond motifs is 2. The predicted molar refractivity (Wildman–Crippen MR) is 132 cm³/mol. The summed E-state index contributed by atoms with van der Waals surface area (Å²) in [6.07, 6.45) is 5.13. The number of nitriles is 1. The molecule has 1 aliphatic rings. The molecule has 2 N–H and O–H groups in total. The van der Waals surface area contributed by atoms with E-state index >= 15 is 0 Å². The number of pyridine rings is 1. The monoisotopic (exact) mass is 451 g/mol. The van der Waals surface area contributed by atoms with Crippen molar-refractivity contribution >= 4 is 27.6 Å². The zero-order valence-electron chi connectivity index (χ0n) is 19.0. The smallest absolute Gasteiger partial charge is 0.278 e. The van der Waals surface area contributed by atoms with Crippen LogP contribution in [-0.2, 0) is 13.1 Å². The Hall–Kier alpha value is -4.14. The van der Waals surface area contributed by atoms with Crippen LogP contribution in [0, 0.1) is 23.2 Å². The highest BCUT2D eigenvalue weighted by Crippen LogP contribution is 2.31. The summed E-state index contributed by atoms with van der Waals surface area (Å²) in [7, 11) is 0. The first-order valence-electron chi connectivity index (χ1n) is 11.4. The van der Waals surface area contributed by atoms with Gasteiger partial charge in [0.2, 0.25) is 0 Å². The van der Waals surface area contributed by atoms with Gasteiger partial charge in [-0.15, -0.1) is 5.92 Å². The first-order chi connectivity index (χ1) is 16.6. The summed E-state index contributed by atoms with van der Waals surface area (Å²) >= 11 is 0. The van der Waals surface area contributed by atoms with E-state index < -0.39 is 0 Å². The second kappa shape index (κ2) is 9.01. The Kier molecular flexibility index (Phi) is 5.75. The van der Waals surface area contributed by atoms with Crippen molar-refractivity contribution < 1.29 is 0 Å². The maximum atomic E-state index is 13.8. The molecule has 8 nitrogen and oxygen atoms in total. The number of nitrogens with zero attached hydrogens (tertiary/aromatic N) is 6. The topological polar surface area (TPSA) is 106 Å². The Morgan fingerprint density at radius 1 is 1.24 bits per heavy atom. The van der Waals surface area contributed by atoms with Crippen LogP contribution in [0.25, 0.3) is 21.8 Å². The molecule has 0 unspecified atom stereocenters. The molecule has 34 heavy (non-hydrogen) atoms. The highest BCUT2D eigenvalue weighted by Gasteiger charge is 2.28. The quantitative estimate of drug-likeness (QED) is 0.478. The van der Waals surface area contributed by atoms with Crippen molar-refractivity contribution in [2.24, 2.45) is 5.73 Å². The van der Waals surface area contributed by atoms with Crippen molar-refractivity contribution in [2.45, 2.75) is 38.9 Å². The molecule has 8 heteroatoms. The summed E-state index contributed by atoms with van der Waals surface area (Å²) in [5.41, 5.74) is 7.99. The Bertz CT molecular complexity index is 1540. The van der Waals surface area contributed by atoms with E-state index in [0.29, 0.717) is 35.5 Å². The van der Waals surface area contributed by atoms with E-state index in [-0.39, 0.29) is 18.1 Å². The average molecular weight is 452 g/mol. The SMILES string of the molecule is CC#CCn1c(N2CCC[C@H](N)C2)c(C#N)c2ncn(Cc3nccc4ccccc34)c(=O)c21. The molecule has 3 aromatic heterocycles. The molecule has 4 aromatic rings. The van der Waals surface area contributed by atoms with E-state index in [1.807, 2.05) is 34.9 Å². The maximum Gasteiger partial charge on any atom is 0.278 e. The van der Waals surface area contributed by atoms with Crippen LogP contribution in [0.2, 0.25) is 0 Å². The van der Waals surface area contributed by atoms with Crippen LogP contribution in [0.1, 0.15) is 31.0 Å². The fraction of sp³-hybridized carbons (Fsp3) is 0.308. The third kappa shape index (κ3) is 3.68. The lowest BCUT2D eigenvalue weighted by Gasteiger charge is -2.33. The van der Waals surface area contributed by atoms with Crippen molar-refractivity contribution in [2.75, 3.05) is 18.0 Å². The molecule has 1 saturated heterocycles. The Morgan fingerprint density at radius 3 is 2.88 bits per heavy atom. The van der Waals surface area contributed by atoms with E-state index in [0.717, 1.165) is 35.9 Å². The van der Waals surface area contributed by atoms with Gasteiger partial charge in [-0.25, -0.2) is 4.98 Å². The lowest BCUT2D eigenvalue weighted by atomic mass is 10.1. The van der Waals surface area contributed by atoms with Gasteiger partial charge < -0.3 is 15.2 Å². The van der Waals surface area contributed by atoms with E-state index in [1.165, 1.54) is 6.33 Å². The van der Waals surface area contributed by atoms with Gasteiger partial charge in [0.15, 0.2) is 0 Å². The summed E-state index contributed by atoms with van der Waals surface area (Å²) < 4.78 is 3.39. The van der Waals surface area contributed by atoms with Crippen LogP contribution in [0.5, 0.6) is 0 Å². The molecule has 4 heterocycles. The number of rotatable bonds is 4. The largest absolute Gasteiger partial charge is 0.355 e. The summed E-state index contributed by atoms with van der Waals surface area (Å²) in [6.45, 7) is 3.73. The van der Waals surface area contributed by atoms with Crippen molar-refractivity contribution in [3.63, 3.8) is 0 Å². The van der Waals surface area contributed by atoms with Gasteiger partial charge in [-0.3, -0.25) is 14.3 Å². The molecule has 0 saturated carbocycles. The second-order valence-corrected chi connectivity index (χ2v) is 8.53. The maximum absolute atomic E-state index is 13.8. The third-order valence-corrected chi connectivity index (χ3v) is 6.36. The number of benzene rings is 1. The molecule has 0 spiro atoms. The number of nitrogens with two attached hydrogens (primary N) is 1. The van der Waals surface area contributed by atoms with Crippen LogP contribution < -0.4 is 16.2 Å². The van der Waals surface area contributed by atoms with E-state index in [9.17, 15) is 10.1 Å². The first kappa shape index (κ1) is 21.7. The van der Waals surface area contributed by atoms with E-state index in [2.05, 4.69) is 32.8 Å². The average Bonchev–Trinajstić information content (AvgIpc) is 3.18. The summed E-state index contributed by atoms with van der Waals surface area (Å²) in [5, 5.41) is 12.1. The molecular formula is C26H25N7O. The molecule has 1 fully saturated rings. The van der Waals surface area contributed by atoms with Crippen LogP contribution in [-0.4, -0.2) is 38.2 Å². The number of hydrogen-bond donors (Lipinski definition) is 1. The van der Waals surface area contributed by atoms with Gasteiger partial charge in [0.1, 0.15) is 28.5 Å². The van der Waals surface area contributed by atoms with Gasteiger partial charge in [0.25, 0.3) is 5.56 Å². The van der Waals surface area contributed by atoms with Crippen molar-refractivity contribution in [1.29, 1.82) is 5.26 Å². The predicted octanol–water partition coefficient (Wildman–Crippen LogP) is 2.62. The molecule has 5 rings (SSSR count). The number of anilines is 1. The molecule has 1 aromatic carbocycles. The van der Waals surface area contributed by atoms with Crippen molar-refractivity contribution in [1.82, 2.24) is 19.1 Å². The molecule has 0 radical (unpaired) electrons. The van der Waals surface area contributed by atoms with Crippen LogP contribution in [0.3, 0.4) is 0 Å². The second-order valence-electron chi connectivity index (χ2n) is 8.53. The fourth-order valence-corrected chi connectivity index (χ4v) is 4.78. The minimum Gasteiger partial charge on any atom is -0.355 e. The first-order valence-corrected chi connectivity index (χ1v) is 11.4. The standard InChI is InChI=1S/C26H25N7O/c1-2-3-13-33-24-23(21(14-27)25(33)31-12-6-8-19(28)15-31)30-17-32(26(24)34)16-22-20-9-5-4-7-18(20)10-11-29-22/h4-5,7,9-11,17,19H,6,8,12-13,15-16,28H2,1H3/t19-/m0/s1. The molecule has 0 amide bonds. The highest BCUT2D eigenvalue weighted by molar-refractivity contribution is 5.89.